The highest BCUT2D eigenvalue weighted by molar-refractivity contribution is 7.92. The number of para-hydroxylation sites is 2. The van der Waals surface area contributed by atoms with Crippen molar-refractivity contribution in [1.29, 1.82) is 0 Å². The predicted molar refractivity (Wildman–Crippen MR) is 163 cm³/mol. The van der Waals surface area contributed by atoms with Gasteiger partial charge in [-0.3, -0.25) is 13.9 Å². The Kier molecular flexibility index (Phi) is 11.2. The van der Waals surface area contributed by atoms with E-state index < -0.39 is 28.5 Å². The molecule has 0 heterocycles. The molecule has 10 heteroatoms. The molecule has 41 heavy (non-hydrogen) atoms. The first kappa shape index (κ1) is 32.0. The number of hydrogen-bond acceptors (Lipinski definition) is 5. The third-order valence-corrected chi connectivity index (χ3v) is 8.43. The van der Waals surface area contributed by atoms with Crippen molar-refractivity contribution in [2.45, 2.75) is 64.6 Å². The van der Waals surface area contributed by atoms with Gasteiger partial charge in [0.2, 0.25) is 11.8 Å². The SMILES string of the molecule is CCOc1ccccc1N(CC(=O)N(Cc1ccc(Cl)cc1)[C@@H](CC)C(=O)NC(C)C)S(=O)(=O)c1ccc(C)cc1. The number of ether oxygens (including phenoxy) is 1. The normalized spacial score (nSPS) is 12.1. The maximum atomic E-state index is 14.2. The van der Waals surface area contributed by atoms with Crippen molar-refractivity contribution in [3.63, 3.8) is 0 Å². The molecule has 8 nitrogen and oxygen atoms in total. The Balaban J connectivity index is 2.11. The first-order chi connectivity index (χ1) is 19.5. The van der Waals surface area contributed by atoms with Gasteiger partial charge in [-0.1, -0.05) is 60.5 Å². The molecular formula is C31H38ClN3O5S. The Morgan fingerprint density at radius 3 is 2.17 bits per heavy atom. The molecule has 0 bridgehead atoms. The van der Waals surface area contributed by atoms with E-state index in [-0.39, 0.29) is 29.1 Å². The highest BCUT2D eigenvalue weighted by Gasteiger charge is 2.34. The molecule has 0 saturated heterocycles. The van der Waals surface area contributed by atoms with Crippen LogP contribution in [0.4, 0.5) is 5.69 Å². The van der Waals surface area contributed by atoms with Crippen LogP contribution in [0.15, 0.2) is 77.7 Å². The maximum absolute atomic E-state index is 14.2. The van der Waals surface area contributed by atoms with Crippen LogP contribution >= 0.6 is 11.6 Å². The van der Waals surface area contributed by atoms with Crippen LogP contribution in [0.25, 0.3) is 0 Å². The molecule has 0 aromatic heterocycles. The summed E-state index contributed by atoms with van der Waals surface area (Å²) in [7, 11) is -4.20. The van der Waals surface area contributed by atoms with E-state index in [0.29, 0.717) is 23.8 Å². The van der Waals surface area contributed by atoms with Crippen LogP contribution in [0.5, 0.6) is 5.75 Å². The lowest BCUT2D eigenvalue weighted by Crippen LogP contribution is -2.53. The summed E-state index contributed by atoms with van der Waals surface area (Å²) in [5.74, 6) is -0.521. The van der Waals surface area contributed by atoms with Gasteiger partial charge in [-0.25, -0.2) is 8.42 Å². The van der Waals surface area contributed by atoms with E-state index >= 15 is 0 Å². The highest BCUT2D eigenvalue weighted by Crippen LogP contribution is 2.33. The van der Waals surface area contributed by atoms with Crippen molar-refractivity contribution in [2.24, 2.45) is 0 Å². The molecule has 0 unspecified atom stereocenters. The van der Waals surface area contributed by atoms with Crippen LogP contribution < -0.4 is 14.4 Å². The molecule has 3 rings (SSSR count). The predicted octanol–water partition coefficient (Wildman–Crippen LogP) is 5.57. The fourth-order valence-corrected chi connectivity index (χ4v) is 5.93. The number of anilines is 1. The lowest BCUT2D eigenvalue weighted by atomic mass is 10.1. The fourth-order valence-electron chi connectivity index (χ4n) is 4.38. The molecule has 0 aliphatic rings. The number of hydrogen-bond donors (Lipinski definition) is 1. The van der Waals surface area contributed by atoms with Crippen LogP contribution in [0.3, 0.4) is 0 Å². The van der Waals surface area contributed by atoms with Gasteiger partial charge in [-0.15, -0.1) is 0 Å². The van der Waals surface area contributed by atoms with E-state index in [0.717, 1.165) is 15.4 Å². The van der Waals surface area contributed by atoms with Gasteiger partial charge < -0.3 is 15.0 Å². The zero-order valence-corrected chi connectivity index (χ0v) is 25.7. The first-order valence-electron chi connectivity index (χ1n) is 13.6. The zero-order chi connectivity index (χ0) is 30.2. The van der Waals surface area contributed by atoms with E-state index in [1.54, 1.807) is 67.6 Å². The van der Waals surface area contributed by atoms with E-state index in [4.69, 9.17) is 16.3 Å². The number of nitrogens with zero attached hydrogens (tertiary/aromatic N) is 2. The second-order valence-electron chi connectivity index (χ2n) is 9.96. The van der Waals surface area contributed by atoms with E-state index in [1.165, 1.54) is 17.0 Å². The standard InChI is InChI=1S/C31H38ClN3O5S/c1-6-27(31(37)33-22(3)4)34(20-24-14-16-25(32)17-15-24)30(36)21-35(28-10-8-9-11-29(28)40-7-2)41(38,39)26-18-12-23(5)13-19-26/h8-19,22,27H,6-7,20-21H2,1-5H3,(H,33,37)/t27-/m0/s1. The summed E-state index contributed by atoms with van der Waals surface area (Å²) in [6, 6.07) is 19.2. The summed E-state index contributed by atoms with van der Waals surface area (Å²) < 4.78 is 35.0. The van der Waals surface area contributed by atoms with Crippen molar-refractivity contribution in [2.75, 3.05) is 17.5 Å². The lowest BCUT2D eigenvalue weighted by molar-refractivity contribution is -0.140. The van der Waals surface area contributed by atoms with Crippen molar-refractivity contribution >= 4 is 39.1 Å². The minimum atomic E-state index is -4.20. The molecule has 0 spiro atoms. The Labute approximate surface area is 248 Å². The summed E-state index contributed by atoms with van der Waals surface area (Å²) in [5.41, 5.74) is 1.88. The second kappa shape index (κ2) is 14.4. The summed E-state index contributed by atoms with van der Waals surface area (Å²) in [4.78, 5) is 28.9. The van der Waals surface area contributed by atoms with Crippen LogP contribution in [-0.2, 0) is 26.2 Å². The molecule has 0 radical (unpaired) electrons. The largest absolute Gasteiger partial charge is 0.492 e. The minimum absolute atomic E-state index is 0.0380. The number of halogens is 1. The Morgan fingerprint density at radius 2 is 1.59 bits per heavy atom. The van der Waals surface area contributed by atoms with Gasteiger partial charge in [0.05, 0.1) is 17.2 Å². The first-order valence-corrected chi connectivity index (χ1v) is 15.4. The number of nitrogens with one attached hydrogen (secondary N) is 1. The van der Waals surface area contributed by atoms with Gasteiger partial charge in [-0.2, -0.15) is 0 Å². The lowest BCUT2D eigenvalue weighted by Gasteiger charge is -2.34. The molecule has 0 saturated carbocycles. The molecule has 3 aromatic carbocycles. The molecule has 2 amide bonds. The number of aryl methyl sites for hydroxylation is 1. The molecular weight excluding hydrogens is 562 g/mol. The summed E-state index contributed by atoms with van der Waals surface area (Å²) in [5, 5.41) is 3.43. The number of carbonyl (C=O) groups is 2. The van der Waals surface area contributed by atoms with Gasteiger partial charge in [0.1, 0.15) is 18.3 Å². The van der Waals surface area contributed by atoms with Gasteiger partial charge >= 0.3 is 0 Å². The molecule has 0 aliphatic heterocycles. The van der Waals surface area contributed by atoms with Crippen LogP contribution in [0, 0.1) is 6.92 Å². The summed E-state index contributed by atoms with van der Waals surface area (Å²) in [6.45, 7) is 9.02. The molecule has 1 N–H and O–H groups in total. The van der Waals surface area contributed by atoms with Crippen LogP contribution in [-0.4, -0.2) is 50.4 Å². The zero-order valence-electron chi connectivity index (χ0n) is 24.1. The number of amides is 2. The van der Waals surface area contributed by atoms with Crippen molar-refractivity contribution in [1.82, 2.24) is 10.2 Å². The fraction of sp³-hybridized carbons (Fsp3) is 0.355. The minimum Gasteiger partial charge on any atom is -0.492 e. The number of benzene rings is 3. The Bertz CT molecular complexity index is 1430. The topological polar surface area (TPSA) is 96.0 Å². The van der Waals surface area contributed by atoms with Crippen LogP contribution in [0.2, 0.25) is 5.02 Å². The van der Waals surface area contributed by atoms with Gasteiger partial charge in [0.25, 0.3) is 10.0 Å². The number of carbonyl (C=O) groups excluding carboxylic acids is 2. The van der Waals surface area contributed by atoms with Crippen molar-refractivity contribution in [3.05, 3.63) is 88.9 Å². The summed E-state index contributed by atoms with van der Waals surface area (Å²) >= 11 is 6.07. The van der Waals surface area contributed by atoms with Crippen molar-refractivity contribution in [3.8, 4) is 5.75 Å². The molecule has 3 aromatic rings. The van der Waals surface area contributed by atoms with Crippen LogP contribution in [0.1, 0.15) is 45.2 Å². The van der Waals surface area contributed by atoms with E-state index in [9.17, 15) is 18.0 Å². The second-order valence-corrected chi connectivity index (χ2v) is 12.3. The third-order valence-electron chi connectivity index (χ3n) is 6.40. The average Bonchev–Trinajstić information content (AvgIpc) is 2.93. The quantitative estimate of drug-likeness (QED) is 0.277. The molecule has 0 fully saturated rings. The molecule has 1 atom stereocenters. The maximum Gasteiger partial charge on any atom is 0.264 e. The molecule has 0 aliphatic carbocycles. The van der Waals surface area contributed by atoms with Gasteiger partial charge in [0.15, 0.2) is 0 Å². The van der Waals surface area contributed by atoms with E-state index in [1.807, 2.05) is 27.7 Å². The smallest absolute Gasteiger partial charge is 0.264 e. The Morgan fingerprint density at radius 1 is 0.951 bits per heavy atom. The summed E-state index contributed by atoms with van der Waals surface area (Å²) in [6.07, 6.45) is 0.331. The van der Waals surface area contributed by atoms with Gasteiger partial charge in [0, 0.05) is 17.6 Å². The van der Waals surface area contributed by atoms with Gasteiger partial charge in [-0.05, 0) is 76.1 Å². The highest BCUT2D eigenvalue weighted by atomic mass is 35.5. The van der Waals surface area contributed by atoms with E-state index in [2.05, 4.69) is 5.32 Å². The number of sulfonamides is 1. The van der Waals surface area contributed by atoms with Crippen molar-refractivity contribution < 1.29 is 22.7 Å². The molecule has 220 valence electrons. The third kappa shape index (κ3) is 8.24. The average molecular weight is 600 g/mol. The number of rotatable bonds is 13. The Hall–Kier alpha value is -3.56. The monoisotopic (exact) mass is 599 g/mol.